The maximum atomic E-state index is 11.9. The van der Waals surface area contributed by atoms with Crippen molar-refractivity contribution in [3.8, 4) is 0 Å². The lowest BCUT2D eigenvalue weighted by molar-refractivity contribution is -0.384. The van der Waals surface area contributed by atoms with Crippen molar-refractivity contribution >= 4 is 17.3 Å². The van der Waals surface area contributed by atoms with Crippen molar-refractivity contribution in [3.05, 3.63) is 33.9 Å². The fourth-order valence-corrected chi connectivity index (χ4v) is 3.38. The molecule has 2 aliphatic rings. The standard InChI is InChI=1S/C15H18N2O5/c1-22-14(19)12-3-2-11(17(20)21)6-13(12)16-5-4-15(9-18)7-10(15)8-16/h2-3,6,10,18H,4-5,7-9H2,1H3. The number of piperidine rings is 1. The summed E-state index contributed by atoms with van der Waals surface area (Å²) in [7, 11) is 1.29. The number of non-ortho nitro benzene ring substituents is 1. The number of carbonyl (C=O) groups excluding carboxylic acids is 1. The molecule has 0 spiro atoms. The minimum atomic E-state index is -0.500. The summed E-state index contributed by atoms with van der Waals surface area (Å²) in [5.41, 5.74) is 0.866. The van der Waals surface area contributed by atoms with Gasteiger partial charge in [0.15, 0.2) is 0 Å². The number of nitrogens with zero attached hydrogens (tertiary/aromatic N) is 2. The number of methoxy groups -OCH3 is 1. The topological polar surface area (TPSA) is 92.9 Å². The third kappa shape index (κ3) is 2.31. The highest BCUT2D eigenvalue weighted by Gasteiger charge is 2.56. The molecule has 0 aromatic heterocycles. The predicted molar refractivity (Wildman–Crippen MR) is 78.9 cm³/mol. The molecule has 2 atom stereocenters. The molecule has 1 heterocycles. The summed E-state index contributed by atoms with van der Waals surface area (Å²) in [5, 5.41) is 20.5. The molecular weight excluding hydrogens is 288 g/mol. The lowest BCUT2D eigenvalue weighted by Crippen LogP contribution is -2.37. The van der Waals surface area contributed by atoms with Crippen LogP contribution >= 0.6 is 0 Å². The zero-order chi connectivity index (χ0) is 15.9. The Morgan fingerprint density at radius 2 is 2.36 bits per heavy atom. The Labute approximate surface area is 127 Å². The molecule has 1 aromatic rings. The number of hydrogen-bond acceptors (Lipinski definition) is 6. The molecule has 1 saturated heterocycles. The van der Waals surface area contributed by atoms with Crippen LogP contribution < -0.4 is 4.90 Å². The maximum absolute atomic E-state index is 11.9. The van der Waals surface area contributed by atoms with E-state index < -0.39 is 10.9 Å². The third-order valence-corrected chi connectivity index (χ3v) is 4.93. The molecule has 1 aromatic carbocycles. The average Bonchev–Trinajstić information content (AvgIpc) is 3.27. The van der Waals surface area contributed by atoms with Gasteiger partial charge in [0.1, 0.15) is 0 Å². The van der Waals surface area contributed by atoms with Gasteiger partial charge in [0.25, 0.3) is 5.69 Å². The van der Waals surface area contributed by atoms with Gasteiger partial charge in [-0.25, -0.2) is 4.79 Å². The number of rotatable bonds is 4. The van der Waals surface area contributed by atoms with E-state index in [1.807, 2.05) is 4.90 Å². The molecule has 2 fully saturated rings. The number of esters is 1. The van der Waals surface area contributed by atoms with E-state index >= 15 is 0 Å². The van der Waals surface area contributed by atoms with Crippen LogP contribution in [0, 0.1) is 21.4 Å². The summed E-state index contributed by atoms with van der Waals surface area (Å²) in [6, 6.07) is 4.19. The SMILES string of the molecule is COC(=O)c1ccc([N+](=O)[O-])cc1N1CCC2(CO)CC2C1. The smallest absolute Gasteiger partial charge is 0.339 e. The van der Waals surface area contributed by atoms with E-state index in [2.05, 4.69) is 0 Å². The first-order valence-corrected chi connectivity index (χ1v) is 7.23. The Morgan fingerprint density at radius 3 is 2.95 bits per heavy atom. The number of ether oxygens (including phenoxy) is 1. The zero-order valence-corrected chi connectivity index (χ0v) is 12.3. The van der Waals surface area contributed by atoms with Gasteiger partial charge in [-0.05, 0) is 24.8 Å². The number of anilines is 1. The van der Waals surface area contributed by atoms with Crippen molar-refractivity contribution in [2.75, 3.05) is 31.7 Å². The summed E-state index contributed by atoms with van der Waals surface area (Å²) in [4.78, 5) is 24.4. The number of aliphatic hydroxyl groups is 1. The number of nitro groups is 1. The molecular formula is C15H18N2O5. The van der Waals surface area contributed by atoms with Crippen molar-refractivity contribution in [1.29, 1.82) is 0 Å². The van der Waals surface area contributed by atoms with E-state index in [0.717, 1.165) is 12.8 Å². The van der Waals surface area contributed by atoms with Gasteiger partial charge in [0.2, 0.25) is 0 Å². The van der Waals surface area contributed by atoms with Gasteiger partial charge in [0, 0.05) is 37.2 Å². The molecule has 1 aliphatic carbocycles. The van der Waals surface area contributed by atoms with Crippen molar-refractivity contribution in [1.82, 2.24) is 0 Å². The van der Waals surface area contributed by atoms with E-state index in [9.17, 15) is 20.0 Å². The minimum Gasteiger partial charge on any atom is -0.465 e. The summed E-state index contributed by atoms with van der Waals surface area (Å²) in [6.07, 6.45) is 1.81. The normalized spacial score (nSPS) is 26.3. The van der Waals surface area contributed by atoms with Crippen LogP contribution in [0.3, 0.4) is 0 Å². The molecule has 1 aliphatic heterocycles. The van der Waals surface area contributed by atoms with Crippen LogP contribution in [0.15, 0.2) is 18.2 Å². The fraction of sp³-hybridized carbons (Fsp3) is 0.533. The van der Waals surface area contributed by atoms with Crippen molar-refractivity contribution < 1.29 is 19.6 Å². The predicted octanol–water partition coefficient (Wildman–Crippen LogP) is 1.59. The van der Waals surface area contributed by atoms with Crippen LogP contribution in [0.25, 0.3) is 0 Å². The van der Waals surface area contributed by atoms with Gasteiger partial charge in [-0.3, -0.25) is 10.1 Å². The molecule has 2 unspecified atom stereocenters. The quantitative estimate of drug-likeness (QED) is 0.516. The Hall–Kier alpha value is -2.15. The van der Waals surface area contributed by atoms with Crippen molar-refractivity contribution in [2.24, 2.45) is 11.3 Å². The maximum Gasteiger partial charge on any atom is 0.339 e. The lowest BCUT2D eigenvalue weighted by Gasteiger charge is -2.33. The summed E-state index contributed by atoms with van der Waals surface area (Å²) in [5.74, 6) is -0.115. The van der Waals surface area contributed by atoms with Gasteiger partial charge < -0.3 is 14.7 Å². The van der Waals surface area contributed by atoms with Crippen LogP contribution in [0.2, 0.25) is 0 Å². The summed E-state index contributed by atoms with van der Waals surface area (Å²) < 4.78 is 4.77. The van der Waals surface area contributed by atoms with E-state index in [1.54, 1.807) is 0 Å². The van der Waals surface area contributed by atoms with Gasteiger partial charge in [0.05, 0.1) is 23.3 Å². The molecule has 0 bridgehead atoms. The third-order valence-electron chi connectivity index (χ3n) is 4.93. The molecule has 7 heteroatoms. The molecule has 7 nitrogen and oxygen atoms in total. The fourth-order valence-electron chi connectivity index (χ4n) is 3.38. The first-order valence-electron chi connectivity index (χ1n) is 7.23. The lowest BCUT2D eigenvalue weighted by atomic mass is 9.95. The molecule has 1 N–H and O–H groups in total. The summed E-state index contributed by atoms with van der Waals surface area (Å²) >= 11 is 0. The van der Waals surface area contributed by atoms with E-state index in [4.69, 9.17) is 4.74 Å². The first kappa shape index (κ1) is 14.8. The second-order valence-corrected chi connectivity index (χ2v) is 6.07. The monoisotopic (exact) mass is 306 g/mol. The molecule has 3 rings (SSSR count). The Morgan fingerprint density at radius 1 is 1.59 bits per heavy atom. The highest BCUT2D eigenvalue weighted by molar-refractivity contribution is 5.96. The van der Waals surface area contributed by atoms with E-state index in [1.165, 1.54) is 25.3 Å². The zero-order valence-electron chi connectivity index (χ0n) is 12.3. The Balaban J connectivity index is 1.92. The minimum absolute atomic E-state index is 0.0304. The number of hydrogen-bond donors (Lipinski definition) is 1. The second kappa shape index (κ2) is 5.24. The largest absolute Gasteiger partial charge is 0.465 e. The van der Waals surface area contributed by atoms with E-state index in [-0.39, 0.29) is 17.7 Å². The van der Waals surface area contributed by atoms with Crippen LogP contribution in [-0.2, 0) is 4.74 Å². The van der Waals surface area contributed by atoms with Gasteiger partial charge in [-0.1, -0.05) is 0 Å². The first-order chi connectivity index (χ1) is 10.5. The average molecular weight is 306 g/mol. The van der Waals surface area contributed by atoms with Crippen molar-refractivity contribution in [2.45, 2.75) is 12.8 Å². The highest BCUT2D eigenvalue weighted by atomic mass is 16.6. The number of fused-ring (bicyclic) bond motifs is 1. The highest BCUT2D eigenvalue weighted by Crippen LogP contribution is 2.58. The van der Waals surface area contributed by atoms with Gasteiger partial charge >= 0.3 is 5.97 Å². The number of nitro benzene ring substituents is 1. The van der Waals surface area contributed by atoms with Gasteiger partial charge in [-0.2, -0.15) is 0 Å². The molecule has 0 amide bonds. The number of carbonyl (C=O) groups is 1. The number of aliphatic hydroxyl groups excluding tert-OH is 1. The molecule has 22 heavy (non-hydrogen) atoms. The van der Waals surface area contributed by atoms with Crippen LogP contribution in [0.5, 0.6) is 0 Å². The van der Waals surface area contributed by atoms with Crippen LogP contribution in [0.4, 0.5) is 11.4 Å². The molecule has 118 valence electrons. The second-order valence-electron chi connectivity index (χ2n) is 6.07. The van der Waals surface area contributed by atoms with E-state index in [0.29, 0.717) is 30.3 Å². The van der Waals surface area contributed by atoms with Gasteiger partial charge in [-0.15, -0.1) is 0 Å². The van der Waals surface area contributed by atoms with Crippen molar-refractivity contribution in [3.63, 3.8) is 0 Å². The van der Waals surface area contributed by atoms with Crippen LogP contribution in [0.1, 0.15) is 23.2 Å². The summed E-state index contributed by atoms with van der Waals surface area (Å²) in [6.45, 7) is 1.55. The molecule has 0 radical (unpaired) electrons. The Kier molecular flexibility index (Phi) is 3.52. The van der Waals surface area contributed by atoms with Crippen LogP contribution in [-0.4, -0.2) is 42.8 Å². The Bertz CT molecular complexity index is 632. The molecule has 1 saturated carbocycles. The number of benzene rings is 1.